The van der Waals surface area contributed by atoms with E-state index in [0.717, 1.165) is 11.3 Å². The standard InChI is InChI=1S/C14H14ClN3O4/c15-12-3-1-10(7-13(12)18(20)21)8-16-11-2-4-14(17-9-11)22-6-5-19/h1-4,7,9,16,19H,5-6,8H2. The third-order valence-corrected chi connectivity index (χ3v) is 3.10. The number of benzene rings is 1. The Labute approximate surface area is 131 Å². The first-order valence-corrected chi connectivity index (χ1v) is 6.84. The molecule has 2 aromatic rings. The van der Waals surface area contributed by atoms with E-state index >= 15 is 0 Å². The highest BCUT2D eigenvalue weighted by molar-refractivity contribution is 6.32. The molecule has 0 radical (unpaired) electrons. The highest BCUT2D eigenvalue weighted by Crippen LogP contribution is 2.25. The van der Waals surface area contributed by atoms with Gasteiger partial charge < -0.3 is 15.2 Å². The van der Waals surface area contributed by atoms with Gasteiger partial charge in [0.05, 0.1) is 23.4 Å². The number of nitrogens with zero attached hydrogens (tertiary/aromatic N) is 2. The van der Waals surface area contributed by atoms with Crippen molar-refractivity contribution in [3.63, 3.8) is 0 Å². The fourth-order valence-electron chi connectivity index (χ4n) is 1.73. The lowest BCUT2D eigenvalue weighted by molar-refractivity contribution is -0.384. The molecule has 0 saturated heterocycles. The zero-order valence-electron chi connectivity index (χ0n) is 11.5. The number of hydrogen-bond donors (Lipinski definition) is 2. The third-order valence-electron chi connectivity index (χ3n) is 2.78. The summed E-state index contributed by atoms with van der Waals surface area (Å²) < 4.78 is 5.15. The van der Waals surface area contributed by atoms with Gasteiger partial charge in [0.2, 0.25) is 5.88 Å². The molecule has 0 saturated carbocycles. The summed E-state index contributed by atoms with van der Waals surface area (Å²) >= 11 is 5.76. The van der Waals surface area contributed by atoms with Gasteiger partial charge in [-0.25, -0.2) is 4.98 Å². The van der Waals surface area contributed by atoms with Crippen molar-refractivity contribution in [3.05, 3.63) is 57.2 Å². The number of hydrogen-bond acceptors (Lipinski definition) is 6. The minimum atomic E-state index is -0.513. The van der Waals surface area contributed by atoms with E-state index < -0.39 is 4.92 Å². The first-order valence-electron chi connectivity index (χ1n) is 6.46. The number of ether oxygens (including phenoxy) is 1. The molecule has 0 fully saturated rings. The van der Waals surface area contributed by atoms with Crippen LogP contribution in [0.3, 0.4) is 0 Å². The maximum atomic E-state index is 10.8. The van der Waals surface area contributed by atoms with Crippen LogP contribution in [0.25, 0.3) is 0 Å². The molecule has 0 aliphatic heterocycles. The number of nitro benzene ring substituents is 1. The monoisotopic (exact) mass is 323 g/mol. The molecule has 7 nitrogen and oxygen atoms in total. The number of pyridine rings is 1. The predicted molar refractivity (Wildman–Crippen MR) is 82.3 cm³/mol. The van der Waals surface area contributed by atoms with Gasteiger partial charge in [0.25, 0.3) is 5.69 Å². The Hall–Kier alpha value is -2.38. The molecule has 0 unspecified atom stereocenters. The summed E-state index contributed by atoms with van der Waals surface area (Å²) in [5.74, 6) is 0.418. The maximum absolute atomic E-state index is 10.8. The largest absolute Gasteiger partial charge is 0.475 e. The number of aliphatic hydroxyl groups excluding tert-OH is 1. The zero-order chi connectivity index (χ0) is 15.9. The molecule has 0 aliphatic carbocycles. The van der Waals surface area contributed by atoms with E-state index in [4.69, 9.17) is 21.4 Å². The Bertz CT molecular complexity index is 649. The van der Waals surface area contributed by atoms with Crippen molar-refractivity contribution in [2.75, 3.05) is 18.5 Å². The van der Waals surface area contributed by atoms with Crippen LogP contribution in [0, 0.1) is 10.1 Å². The molecule has 1 aromatic heterocycles. The van der Waals surface area contributed by atoms with Gasteiger partial charge in [-0.2, -0.15) is 0 Å². The van der Waals surface area contributed by atoms with Gasteiger partial charge in [-0.3, -0.25) is 10.1 Å². The molecule has 22 heavy (non-hydrogen) atoms. The average molecular weight is 324 g/mol. The molecule has 0 bridgehead atoms. The highest BCUT2D eigenvalue weighted by atomic mass is 35.5. The van der Waals surface area contributed by atoms with Crippen LogP contribution >= 0.6 is 11.6 Å². The van der Waals surface area contributed by atoms with Crippen LogP contribution in [0.5, 0.6) is 5.88 Å². The molecule has 1 aromatic carbocycles. The molecule has 0 aliphatic rings. The zero-order valence-corrected chi connectivity index (χ0v) is 12.3. The van der Waals surface area contributed by atoms with Crippen molar-refractivity contribution < 1.29 is 14.8 Å². The second-order valence-corrected chi connectivity index (χ2v) is 4.76. The Morgan fingerprint density at radius 2 is 2.18 bits per heavy atom. The molecule has 1 heterocycles. The van der Waals surface area contributed by atoms with E-state index in [1.807, 2.05) is 0 Å². The summed E-state index contributed by atoms with van der Waals surface area (Å²) in [6.45, 7) is 0.516. The van der Waals surface area contributed by atoms with Crippen LogP contribution < -0.4 is 10.1 Å². The van der Waals surface area contributed by atoms with Crippen molar-refractivity contribution >= 4 is 23.0 Å². The van der Waals surface area contributed by atoms with Crippen LogP contribution in [0.2, 0.25) is 5.02 Å². The van der Waals surface area contributed by atoms with Gasteiger partial charge in [0, 0.05) is 18.7 Å². The lowest BCUT2D eigenvalue weighted by Gasteiger charge is -2.08. The van der Waals surface area contributed by atoms with Crippen molar-refractivity contribution in [2.24, 2.45) is 0 Å². The van der Waals surface area contributed by atoms with E-state index in [9.17, 15) is 10.1 Å². The molecule has 8 heteroatoms. The van der Waals surface area contributed by atoms with E-state index in [0.29, 0.717) is 12.4 Å². The number of anilines is 1. The van der Waals surface area contributed by atoms with E-state index in [1.165, 1.54) is 12.1 Å². The number of aliphatic hydroxyl groups is 1. The van der Waals surface area contributed by atoms with Crippen LogP contribution in [-0.4, -0.2) is 28.2 Å². The van der Waals surface area contributed by atoms with Crippen LogP contribution in [0.4, 0.5) is 11.4 Å². The molecule has 2 N–H and O–H groups in total. The van der Waals surface area contributed by atoms with Crippen LogP contribution in [-0.2, 0) is 6.54 Å². The Morgan fingerprint density at radius 3 is 2.82 bits per heavy atom. The van der Waals surface area contributed by atoms with Crippen molar-refractivity contribution in [2.45, 2.75) is 6.54 Å². The Kier molecular flexibility index (Phi) is 5.51. The average Bonchev–Trinajstić information content (AvgIpc) is 2.53. The summed E-state index contributed by atoms with van der Waals surface area (Å²) in [4.78, 5) is 14.4. The van der Waals surface area contributed by atoms with Gasteiger partial charge >= 0.3 is 0 Å². The summed E-state index contributed by atoms with van der Waals surface area (Å²) in [6.07, 6.45) is 1.58. The minimum absolute atomic E-state index is 0.0724. The number of nitrogens with one attached hydrogen (secondary N) is 1. The quantitative estimate of drug-likeness (QED) is 0.600. The minimum Gasteiger partial charge on any atom is -0.475 e. The fraction of sp³-hybridized carbons (Fsp3) is 0.214. The third kappa shape index (κ3) is 4.31. The van der Waals surface area contributed by atoms with Gasteiger partial charge in [-0.05, 0) is 17.7 Å². The molecule has 2 rings (SSSR count). The lowest BCUT2D eigenvalue weighted by Crippen LogP contribution is -2.04. The van der Waals surface area contributed by atoms with Crippen molar-refractivity contribution in [1.29, 1.82) is 0 Å². The maximum Gasteiger partial charge on any atom is 0.288 e. The predicted octanol–water partition coefficient (Wildman–Crippen LogP) is 2.63. The van der Waals surface area contributed by atoms with E-state index in [-0.39, 0.29) is 23.9 Å². The molecule has 0 amide bonds. The normalized spacial score (nSPS) is 10.3. The van der Waals surface area contributed by atoms with Gasteiger partial charge in [0.15, 0.2) is 0 Å². The molecule has 116 valence electrons. The Morgan fingerprint density at radius 1 is 1.36 bits per heavy atom. The number of aromatic nitrogens is 1. The van der Waals surface area contributed by atoms with Crippen LogP contribution in [0.15, 0.2) is 36.5 Å². The van der Waals surface area contributed by atoms with Crippen molar-refractivity contribution in [1.82, 2.24) is 4.98 Å². The van der Waals surface area contributed by atoms with Crippen molar-refractivity contribution in [3.8, 4) is 5.88 Å². The second kappa shape index (κ2) is 7.58. The number of nitro groups is 1. The second-order valence-electron chi connectivity index (χ2n) is 4.35. The van der Waals surface area contributed by atoms with Crippen LogP contribution in [0.1, 0.15) is 5.56 Å². The summed E-state index contributed by atoms with van der Waals surface area (Å²) in [6, 6.07) is 8.09. The van der Waals surface area contributed by atoms with E-state index in [2.05, 4.69) is 10.3 Å². The lowest BCUT2D eigenvalue weighted by atomic mass is 10.2. The molecule has 0 atom stereocenters. The molecular formula is C14H14ClN3O4. The number of rotatable bonds is 7. The van der Waals surface area contributed by atoms with E-state index in [1.54, 1.807) is 24.4 Å². The Balaban J connectivity index is 1.98. The summed E-state index contributed by atoms with van der Waals surface area (Å²) in [5.41, 5.74) is 1.36. The SMILES string of the molecule is O=[N+]([O-])c1cc(CNc2ccc(OCCO)nc2)ccc1Cl. The topological polar surface area (TPSA) is 97.5 Å². The van der Waals surface area contributed by atoms with Gasteiger partial charge in [-0.1, -0.05) is 17.7 Å². The first kappa shape index (κ1) is 16.0. The summed E-state index contributed by atoms with van der Waals surface area (Å²) in [7, 11) is 0. The fourth-order valence-corrected chi connectivity index (χ4v) is 1.92. The smallest absolute Gasteiger partial charge is 0.288 e. The molecule has 0 spiro atoms. The first-order chi connectivity index (χ1) is 10.6. The van der Waals surface area contributed by atoms with Gasteiger partial charge in [-0.15, -0.1) is 0 Å². The number of halogens is 1. The van der Waals surface area contributed by atoms with Gasteiger partial charge in [0.1, 0.15) is 11.6 Å². The summed E-state index contributed by atoms with van der Waals surface area (Å²) in [5, 5.41) is 22.7. The highest BCUT2D eigenvalue weighted by Gasteiger charge is 2.12. The molecular weight excluding hydrogens is 310 g/mol.